The number of benzene rings is 1. The predicted octanol–water partition coefficient (Wildman–Crippen LogP) is 2.97. The zero-order chi connectivity index (χ0) is 19.1. The molecule has 0 radical (unpaired) electrons. The average Bonchev–Trinajstić information content (AvgIpc) is 2.67. The van der Waals surface area contributed by atoms with Gasteiger partial charge in [0.15, 0.2) is 0 Å². The number of hydrogen-bond acceptors (Lipinski definition) is 4. The van der Waals surface area contributed by atoms with Gasteiger partial charge in [-0.1, -0.05) is 19.3 Å². The first kappa shape index (κ1) is 20.1. The first-order valence-corrected chi connectivity index (χ1v) is 9.29. The molecule has 2 amide bonds. The van der Waals surface area contributed by atoms with E-state index < -0.39 is 6.04 Å². The molecule has 1 aromatic rings. The minimum atomic E-state index is -0.580. The molecule has 1 aliphatic rings. The third-order valence-corrected chi connectivity index (χ3v) is 4.99. The third kappa shape index (κ3) is 5.13. The Kier molecular flexibility index (Phi) is 7.30. The molecule has 0 aromatic heterocycles. The number of ether oxygens (including phenoxy) is 2. The van der Waals surface area contributed by atoms with Gasteiger partial charge >= 0.3 is 0 Å². The Morgan fingerprint density at radius 3 is 2.35 bits per heavy atom. The summed E-state index contributed by atoms with van der Waals surface area (Å²) >= 11 is 0. The molecular formula is C20H30N2O4. The van der Waals surface area contributed by atoms with E-state index in [1.54, 1.807) is 21.1 Å². The Bertz CT molecular complexity index is 626. The molecule has 1 saturated carbocycles. The lowest BCUT2D eigenvalue weighted by Gasteiger charge is -2.24. The predicted molar refractivity (Wildman–Crippen MR) is 100 cm³/mol. The second-order valence-electron chi connectivity index (χ2n) is 6.90. The van der Waals surface area contributed by atoms with Crippen molar-refractivity contribution in [1.82, 2.24) is 10.6 Å². The number of carbonyl (C=O) groups excluding carboxylic acids is 2. The van der Waals surface area contributed by atoms with Gasteiger partial charge in [0, 0.05) is 11.5 Å². The van der Waals surface area contributed by atoms with Crippen LogP contribution in [-0.4, -0.2) is 32.1 Å². The van der Waals surface area contributed by atoms with Gasteiger partial charge in [0.2, 0.25) is 11.8 Å². The van der Waals surface area contributed by atoms with Crippen molar-refractivity contribution in [2.45, 2.75) is 58.0 Å². The Morgan fingerprint density at radius 2 is 1.73 bits per heavy atom. The van der Waals surface area contributed by atoms with Crippen molar-refractivity contribution in [2.24, 2.45) is 5.92 Å². The van der Waals surface area contributed by atoms with Crippen LogP contribution in [0.1, 0.15) is 57.6 Å². The average molecular weight is 362 g/mol. The van der Waals surface area contributed by atoms with Crippen LogP contribution in [-0.2, 0) is 9.59 Å². The minimum Gasteiger partial charge on any atom is -0.497 e. The van der Waals surface area contributed by atoms with Gasteiger partial charge in [-0.15, -0.1) is 0 Å². The van der Waals surface area contributed by atoms with Crippen molar-refractivity contribution in [3.05, 3.63) is 23.8 Å². The van der Waals surface area contributed by atoms with E-state index in [-0.39, 0.29) is 23.8 Å². The van der Waals surface area contributed by atoms with Gasteiger partial charge in [-0.3, -0.25) is 9.59 Å². The molecule has 1 aromatic carbocycles. The molecule has 0 unspecified atom stereocenters. The number of methoxy groups -OCH3 is 2. The second kappa shape index (κ2) is 9.46. The second-order valence-corrected chi connectivity index (χ2v) is 6.90. The molecule has 0 spiro atoms. The fourth-order valence-electron chi connectivity index (χ4n) is 3.36. The van der Waals surface area contributed by atoms with Gasteiger partial charge in [-0.05, 0) is 44.9 Å². The summed E-state index contributed by atoms with van der Waals surface area (Å²) in [5, 5.41) is 5.79. The molecule has 0 heterocycles. The number of hydrogen-bond donors (Lipinski definition) is 2. The molecule has 6 heteroatoms. The van der Waals surface area contributed by atoms with Gasteiger partial charge in [0.1, 0.15) is 17.5 Å². The quantitative estimate of drug-likeness (QED) is 0.782. The van der Waals surface area contributed by atoms with E-state index in [1.807, 2.05) is 25.1 Å². The molecule has 0 aliphatic heterocycles. The van der Waals surface area contributed by atoms with Crippen molar-refractivity contribution in [3.63, 3.8) is 0 Å². The zero-order valence-electron chi connectivity index (χ0n) is 16.1. The van der Waals surface area contributed by atoms with Crippen LogP contribution in [0.25, 0.3) is 0 Å². The highest BCUT2D eigenvalue weighted by atomic mass is 16.5. The summed E-state index contributed by atoms with van der Waals surface area (Å²) < 4.78 is 10.6. The highest BCUT2D eigenvalue weighted by molar-refractivity contribution is 5.88. The highest BCUT2D eigenvalue weighted by Gasteiger charge is 2.25. The first-order chi connectivity index (χ1) is 12.5. The van der Waals surface area contributed by atoms with E-state index in [1.165, 1.54) is 6.42 Å². The molecule has 2 rings (SSSR count). The lowest BCUT2D eigenvalue weighted by molar-refractivity contribution is -0.131. The monoisotopic (exact) mass is 362 g/mol. The summed E-state index contributed by atoms with van der Waals surface area (Å²) in [6, 6.07) is 4.61. The maximum Gasteiger partial charge on any atom is 0.242 e. The van der Waals surface area contributed by atoms with E-state index >= 15 is 0 Å². The summed E-state index contributed by atoms with van der Waals surface area (Å²) in [5.41, 5.74) is 0.825. The van der Waals surface area contributed by atoms with Crippen molar-refractivity contribution in [3.8, 4) is 11.5 Å². The molecule has 144 valence electrons. The number of carbonyl (C=O) groups is 2. The van der Waals surface area contributed by atoms with Crippen LogP contribution in [0.15, 0.2) is 18.2 Å². The topological polar surface area (TPSA) is 76.7 Å². The first-order valence-electron chi connectivity index (χ1n) is 9.29. The molecule has 0 saturated heterocycles. The van der Waals surface area contributed by atoms with Gasteiger partial charge in [0.05, 0.1) is 20.3 Å². The third-order valence-electron chi connectivity index (χ3n) is 4.99. The lowest BCUT2D eigenvalue weighted by Crippen LogP contribution is -2.47. The van der Waals surface area contributed by atoms with Crippen molar-refractivity contribution < 1.29 is 19.1 Å². The van der Waals surface area contributed by atoms with Crippen molar-refractivity contribution in [1.29, 1.82) is 0 Å². The van der Waals surface area contributed by atoms with Crippen LogP contribution < -0.4 is 20.1 Å². The maximum absolute atomic E-state index is 12.5. The van der Waals surface area contributed by atoms with Crippen LogP contribution >= 0.6 is 0 Å². The molecule has 26 heavy (non-hydrogen) atoms. The standard InChI is InChI=1S/C20H30N2O4/c1-13(17-12-16(25-3)10-11-18(17)26-4)21-19(23)14(2)22-20(24)15-8-6-5-7-9-15/h10-15H,5-9H2,1-4H3,(H,21,23)(H,22,24)/t13-,14-/m0/s1. The molecule has 2 atom stereocenters. The summed E-state index contributed by atoms with van der Waals surface area (Å²) in [6.07, 6.45) is 5.20. The Morgan fingerprint density at radius 1 is 1.04 bits per heavy atom. The van der Waals surface area contributed by atoms with Crippen LogP contribution in [0, 0.1) is 5.92 Å². The Labute approximate surface area is 155 Å². The molecule has 1 fully saturated rings. The van der Waals surface area contributed by atoms with Gasteiger partial charge in [0.25, 0.3) is 0 Å². The number of amides is 2. The van der Waals surface area contributed by atoms with Crippen LogP contribution in [0.3, 0.4) is 0 Å². The smallest absolute Gasteiger partial charge is 0.242 e. The van der Waals surface area contributed by atoms with Gasteiger partial charge in [-0.25, -0.2) is 0 Å². The van der Waals surface area contributed by atoms with E-state index in [9.17, 15) is 9.59 Å². The summed E-state index contributed by atoms with van der Waals surface area (Å²) in [7, 11) is 3.19. The van der Waals surface area contributed by atoms with Crippen LogP contribution in [0.5, 0.6) is 11.5 Å². The van der Waals surface area contributed by atoms with E-state index in [0.717, 1.165) is 31.2 Å². The highest BCUT2D eigenvalue weighted by Crippen LogP contribution is 2.29. The largest absolute Gasteiger partial charge is 0.497 e. The van der Waals surface area contributed by atoms with E-state index in [0.29, 0.717) is 11.5 Å². The number of rotatable bonds is 7. The zero-order valence-corrected chi connectivity index (χ0v) is 16.1. The molecule has 2 N–H and O–H groups in total. The summed E-state index contributed by atoms with van der Waals surface area (Å²) in [4.78, 5) is 24.8. The summed E-state index contributed by atoms with van der Waals surface area (Å²) in [6.45, 7) is 3.59. The normalized spacial score (nSPS) is 17.1. The van der Waals surface area contributed by atoms with Gasteiger partial charge in [-0.2, -0.15) is 0 Å². The van der Waals surface area contributed by atoms with E-state index in [2.05, 4.69) is 10.6 Å². The Hall–Kier alpha value is -2.24. The lowest BCUT2D eigenvalue weighted by atomic mass is 9.88. The fraction of sp³-hybridized carbons (Fsp3) is 0.600. The molecule has 6 nitrogen and oxygen atoms in total. The van der Waals surface area contributed by atoms with Crippen molar-refractivity contribution >= 4 is 11.8 Å². The molecular weight excluding hydrogens is 332 g/mol. The molecule has 1 aliphatic carbocycles. The van der Waals surface area contributed by atoms with E-state index in [4.69, 9.17) is 9.47 Å². The maximum atomic E-state index is 12.5. The van der Waals surface area contributed by atoms with Crippen LogP contribution in [0.2, 0.25) is 0 Å². The fourth-order valence-corrected chi connectivity index (χ4v) is 3.36. The molecule has 0 bridgehead atoms. The number of nitrogens with one attached hydrogen (secondary N) is 2. The summed E-state index contributed by atoms with van der Waals surface area (Å²) in [5.74, 6) is 1.18. The van der Waals surface area contributed by atoms with Crippen LogP contribution in [0.4, 0.5) is 0 Å². The minimum absolute atomic E-state index is 0.0148. The SMILES string of the molecule is COc1ccc(OC)c([C@H](C)NC(=O)[C@H](C)NC(=O)C2CCCCC2)c1. The Balaban J connectivity index is 1.96. The van der Waals surface area contributed by atoms with Gasteiger partial charge < -0.3 is 20.1 Å². The van der Waals surface area contributed by atoms with Crippen molar-refractivity contribution in [2.75, 3.05) is 14.2 Å².